The highest BCUT2D eigenvalue weighted by atomic mass is 16.7. The van der Waals surface area contributed by atoms with E-state index in [2.05, 4.69) is 5.32 Å². The van der Waals surface area contributed by atoms with Crippen LogP contribution in [0.2, 0.25) is 0 Å². The van der Waals surface area contributed by atoms with Crippen molar-refractivity contribution in [3.63, 3.8) is 0 Å². The van der Waals surface area contributed by atoms with Gasteiger partial charge < -0.3 is 24.3 Å². The van der Waals surface area contributed by atoms with Gasteiger partial charge >= 0.3 is 0 Å². The quantitative estimate of drug-likeness (QED) is 0.653. The zero-order chi connectivity index (χ0) is 21.4. The van der Waals surface area contributed by atoms with Gasteiger partial charge in [0.2, 0.25) is 6.79 Å². The molecule has 2 aliphatic rings. The number of rotatable bonds is 5. The number of carbonyl (C=O) groups excluding carboxylic acids is 1. The predicted octanol–water partition coefficient (Wildman–Crippen LogP) is 4.59. The number of methoxy groups -OCH3 is 1. The van der Waals surface area contributed by atoms with E-state index in [0.29, 0.717) is 40.9 Å². The average Bonchev–Trinajstić information content (AvgIpc) is 3.27. The number of para-hydroxylation sites is 2. The Bertz CT molecular complexity index is 1150. The van der Waals surface area contributed by atoms with Crippen LogP contribution in [0.5, 0.6) is 23.0 Å². The third-order valence-corrected chi connectivity index (χ3v) is 5.37. The molecule has 0 aromatic heterocycles. The lowest BCUT2D eigenvalue weighted by Gasteiger charge is -2.38. The third kappa shape index (κ3) is 3.18. The molecule has 1 atom stereocenters. The summed E-state index contributed by atoms with van der Waals surface area (Å²) in [5.74, 6) is 2.36. The number of nitrogens with zero attached hydrogens (tertiary/aromatic N) is 1. The summed E-state index contributed by atoms with van der Waals surface area (Å²) in [4.78, 5) is 15.4. The highest BCUT2D eigenvalue weighted by Crippen LogP contribution is 2.44. The summed E-state index contributed by atoms with van der Waals surface area (Å²) in [6.45, 7) is 2.59. The van der Waals surface area contributed by atoms with Crippen LogP contribution in [0.3, 0.4) is 0 Å². The zero-order valence-electron chi connectivity index (χ0n) is 17.3. The second-order valence-electron chi connectivity index (χ2n) is 7.12. The Morgan fingerprint density at radius 2 is 1.90 bits per heavy atom. The molecule has 0 bridgehead atoms. The lowest BCUT2D eigenvalue weighted by atomic mass is 10.0. The number of hydrogen-bond acceptors (Lipinski definition) is 6. The van der Waals surface area contributed by atoms with Crippen molar-refractivity contribution >= 4 is 17.3 Å². The van der Waals surface area contributed by atoms with Crippen LogP contribution < -0.4 is 29.2 Å². The predicted molar refractivity (Wildman–Crippen MR) is 116 cm³/mol. The van der Waals surface area contributed by atoms with Crippen LogP contribution in [0.1, 0.15) is 29.0 Å². The van der Waals surface area contributed by atoms with Gasteiger partial charge in [-0.1, -0.05) is 24.3 Å². The summed E-state index contributed by atoms with van der Waals surface area (Å²) in [5, 5.41) is 3.50. The molecule has 7 nitrogen and oxygen atoms in total. The Kier molecular flexibility index (Phi) is 4.78. The Morgan fingerprint density at radius 1 is 1.06 bits per heavy atom. The maximum atomic E-state index is 13.7. The summed E-state index contributed by atoms with van der Waals surface area (Å²) in [5.41, 5.74) is 2.83. The second-order valence-corrected chi connectivity index (χ2v) is 7.12. The lowest BCUT2D eigenvalue weighted by Crippen LogP contribution is -2.43. The summed E-state index contributed by atoms with van der Waals surface area (Å²) in [7, 11) is 1.60. The molecular weight excluding hydrogens is 396 g/mol. The van der Waals surface area contributed by atoms with Crippen LogP contribution in [-0.2, 0) is 0 Å². The van der Waals surface area contributed by atoms with Gasteiger partial charge in [0, 0.05) is 17.3 Å². The van der Waals surface area contributed by atoms with Crippen molar-refractivity contribution in [2.75, 3.05) is 30.7 Å². The molecule has 158 valence electrons. The maximum Gasteiger partial charge on any atom is 0.262 e. The van der Waals surface area contributed by atoms with Crippen LogP contribution in [0, 0.1) is 0 Å². The third-order valence-electron chi connectivity index (χ3n) is 5.37. The number of hydrogen-bond donors (Lipinski definition) is 1. The first-order chi connectivity index (χ1) is 15.2. The van der Waals surface area contributed by atoms with Crippen molar-refractivity contribution in [3.8, 4) is 23.0 Å². The SMILES string of the molecule is CCOc1cccc([C@H]2Nc3ccccc3C(=O)N2c2ccc3c(c2)OCO3)c1OC. The molecule has 0 radical (unpaired) electrons. The van der Waals surface area contributed by atoms with E-state index in [4.69, 9.17) is 18.9 Å². The molecule has 0 aliphatic carbocycles. The lowest BCUT2D eigenvalue weighted by molar-refractivity contribution is 0.0974. The molecule has 0 spiro atoms. The second kappa shape index (κ2) is 7.75. The van der Waals surface area contributed by atoms with E-state index in [1.165, 1.54) is 0 Å². The number of carbonyl (C=O) groups is 1. The molecule has 5 rings (SSSR count). The van der Waals surface area contributed by atoms with E-state index in [9.17, 15) is 4.79 Å². The van der Waals surface area contributed by atoms with E-state index < -0.39 is 6.17 Å². The number of ether oxygens (including phenoxy) is 4. The van der Waals surface area contributed by atoms with Crippen LogP contribution in [0.15, 0.2) is 60.7 Å². The zero-order valence-corrected chi connectivity index (χ0v) is 17.3. The van der Waals surface area contributed by atoms with Crippen molar-refractivity contribution in [3.05, 3.63) is 71.8 Å². The Morgan fingerprint density at radius 3 is 2.74 bits per heavy atom. The van der Waals surface area contributed by atoms with Gasteiger partial charge in [-0.3, -0.25) is 9.69 Å². The molecule has 2 heterocycles. The van der Waals surface area contributed by atoms with Gasteiger partial charge in [0.25, 0.3) is 5.91 Å². The van der Waals surface area contributed by atoms with Crippen LogP contribution in [0.4, 0.5) is 11.4 Å². The summed E-state index contributed by atoms with van der Waals surface area (Å²) >= 11 is 0. The summed E-state index contributed by atoms with van der Waals surface area (Å²) < 4.78 is 22.5. The largest absolute Gasteiger partial charge is 0.492 e. The first-order valence-electron chi connectivity index (χ1n) is 10.1. The normalized spacial score (nSPS) is 16.5. The minimum absolute atomic E-state index is 0.123. The standard InChI is InChI=1S/C24H22N2O5/c1-3-29-20-10-6-8-17(22(20)28-2)23-25-18-9-5-4-7-16(18)24(27)26(23)15-11-12-19-21(13-15)31-14-30-19/h4-13,23,25H,3,14H2,1-2H3/t23-/m0/s1. The molecule has 3 aromatic rings. The van der Waals surface area contributed by atoms with Gasteiger partial charge in [-0.05, 0) is 37.3 Å². The van der Waals surface area contributed by atoms with Gasteiger partial charge in [-0.25, -0.2) is 0 Å². The number of fused-ring (bicyclic) bond motifs is 2. The Balaban J connectivity index is 1.67. The molecule has 0 unspecified atom stereocenters. The van der Waals surface area contributed by atoms with Crippen LogP contribution in [-0.4, -0.2) is 26.4 Å². The van der Waals surface area contributed by atoms with Crippen molar-refractivity contribution in [2.45, 2.75) is 13.1 Å². The van der Waals surface area contributed by atoms with Gasteiger partial charge in [0.05, 0.1) is 25.0 Å². The van der Waals surface area contributed by atoms with Crippen molar-refractivity contribution in [1.82, 2.24) is 0 Å². The molecule has 1 amide bonds. The monoisotopic (exact) mass is 418 g/mol. The fraction of sp³-hybridized carbons (Fsp3) is 0.208. The van der Waals surface area contributed by atoms with Crippen molar-refractivity contribution in [2.24, 2.45) is 0 Å². The highest BCUT2D eigenvalue weighted by molar-refractivity contribution is 6.12. The number of amides is 1. The summed E-state index contributed by atoms with van der Waals surface area (Å²) in [6, 6.07) is 18.6. The topological polar surface area (TPSA) is 69.3 Å². The van der Waals surface area contributed by atoms with E-state index in [-0.39, 0.29) is 12.7 Å². The fourth-order valence-corrected chi connectivity index (χ4v) is 4.01. The van der Waals surface area contributed by atoms with Crippen LogP contribution in [0.25, 0.3) is 0 Å². The molecule has 2 aliphatic heterocycles. The number of anilines is 2. The van der Waals surface area contributed by atoms with E-state index >= 15 is 0 Å². The van der Waals surface area contributed by atoms with E-state index in [1.807, 2.05) is 67.6 Å². The smallest absolute Gasteiger partial charge is 0.262 e. The molecule has 0 fully saturated rings. The molecule has 0 saturated carbocycles. The van der Waals surface area contributed by atoms with Crippen molar-refractivity contribution in [1.29, 1.82) is 0 Å². The number of nitrogens with one attached hydrogen (secondary N) is 1. The van der Waals surface area contributed by atoms with Crippen LogP contribution >= 0.6 is 0 Å². The molecule has 7 heteroatoms. The maximum absolute atomic E-state index is 13.7. The van der Waals surface area contributed by atoms with Gasteiger partial charge in [-0.15, -0.1) is 0 Å². The first-order valence-corrected chi connectivity index (χ1v) is 10.1. The minimum atomic E-state index is -0.516. The molecule has 0 saturated heterocycles. The van der Waals surface area contributed by atoms with Gasteiger partial charge in [-0.2, -0.15) is 0 Å². The van der Waals surface area contributed by atoms with Crippen molar-refractivity contribution < 1.29 is 23.7 Å². The molecule has 3 aromatic carbocycles. The summed E-state index contributed by atoms with van der Waals surface area (Å²) in [6.07, 6.45) is -0.516. The molecular formula is C24H22N2O5. The van der Waals surface area contributed by atoms with E-state index in [1.54, 1.807) is 12.0 Å². The Hall–Kier alpha value is -3.87. The molecule has 1 N–H and O–H groups in total. The molecule has 31 heavy (non-hydrogen) atoms. The Labute approximate surface area is 180 Å². The fourth-order valence-electron chi connectivity index (χ4n) is 4.01. The first kappa shape index (κ1) is 19.1. The highest BCUT2D eigenvalue weighted by Gasteiger charge is 2.36. The van der Waals surface area contributed by atoms with Gasteiger partial charge in [0.1, 0.15) is 6.17 Å². The average molecular weight is 418 g/mol. The minimum Gasteiger partial charge on any atom is -0.492 e. The van der Waals surface area contributed by atoms with E-state index in [0.717, 1.165) is 11.3 Å². The number of benzene rings is 3. The van der Waals surface area contributed by atoms with Gasteiger partial charge in [0.15, 0.2) is 23.0 Å².